The zero-order valence-electron chi connectivity index (χ0n) is 14.4. The van der Waals surface area contributed by atoms with Crippen LogP contribution >= 0.6 is 0 Å². The average Bonchev–Trinajstić information content (AvgIpc) is 3.02. The molecule has 5 nitrogen and oxygen atoms in total. The third-order valence-electron chi connectivity index (χ3n) is 3.91. The molecule has 0 fully saturated rings. The Bertz CT molecular complexity index is 934. The van der Waals surface area contributed by atoms with Gasteiger partial charge in [0, 0.05) is 24.7 Å². The van der Waals surface area contributed by atoms with Crippen molar-refractivity contribution < 1.29 is 4.79 Å². The van der Waals surface area contributed by atoms with Gasteiger partial charge in [-0.05, 0) is 36.8 Å². The van der Waals surface area contributed by atoms with E-state index in [0.717, 1.165) is 23.0 Å². The molecule has 0 unspecified atom stereocenters. The molecule has 2 aromatic carbocycles. The summed E-state index contributed by atoms with van der Waals surface area (Å²) in [5.41, 5.74) is 3.19. The first-order valence-corrected chi connectivity index (χ1v) is 8.31. The molecule has 0 bridgehead atoms. The number of carbonyl (C=O) groups is 1. The summed E-state index contributed by atoms with van der Waals surface area (Å²) in [5, 5.41) is 8.06. The molecule has 1 heterocycles. The molecular weight excluding hydrogens is 312 g/mol. The van der Waals surface area contributed by atoms with Crippen molar-refractivity contribution in [2.45, 2.75) is 13.3 Å². The summed E-state index contributed by atoms with van der Waals surface area (Å²) in [5.74, 6) is 6.17. The SMILES string of the molecule is CCCN(CC#Cc1ccccc1)C(=O)c1ccc2c(c1)nnn2C. The Balaban J connectivity index is 1.78. The van der Waals surface area contributed by atoms with Crippen molar-refractivity contribution >= 4 is 16.9 Å². The quantitative estimate of drug-likeness (QED) is 0.690. The number of hydrogen-bond donors (Lipinski definition) is 0. The van der Waals surface area contributed by atoms with Crippen molar-refractivity contribution in [2.24, 2.45) is 7.05 Å². The van der Waals surface area contributed by atoms with Gasteiger partial charge in [-0.15, -0.1) is 5.10 Å². The molecule has 25 heavy (non-hydrogen) atoms. The normalized spacial score (nSPS) is 10.3. The molecule has 0 spiro atoms. The van der Waals surface area contributed by atoms with E-state index in [9.17, 15) is 4.79 Å². The molecule has 0 saturated heterocycles. The van der Waals surface area contributed by atoms with Crippen molar-refractivity contribution in [1.29, 1.82) is 0 Å². The van der Waals surface area contributed by atoms with Crippen LogP contribution in [0.4, 0.5) is 0 Å². The Kier molecular flexibility index (Phi) is 5.10. The predicted octanol–water partition coefficient (Wildman–Crippen LogP) is 2.87. The number of amides is 1. The Morgan fingerprint density at radius 2 is 2.00 bits per heavy atom. The van der Waals surface area contributed by atoms with Crippen molar-refractivity contribution in [3.05, 3.63) is 59.7 Å². The third kappa shape index (κ3) is 3.86. The minimum Gasteiger partial charge on any atom is -0.327 e. The standard InChI is InChI=1S/C20H20N4O/c1-3-13-24(14-7-10-16-8-5-4-6-9-16)20(25)17-11-12-19-18(15-17)21-22-23(19)2/h4-6,8-9,11-12,15H,3,13-14H2,1-2H3. The molecule has 126 valence electrons. The summed E-state index contributed by atoms with van der Waals surface area (Å²) in [7, 11) is 1.83. The number of rotatable bonds is 4. The lowest BCUT2D eigenvalue weighted by atomic mass is 10.1. The highest BCUT2D eigenvalue weighted by Gasteiger charge is 2.15. The molecule has 0 radical (unpaired) electrons. The van der Waals surface area contributed by atoms with Crippen LogP contribution in [0.15, 0.2) is 48.5 Å². The Labute approximate surface area is 147 Å². The van der Waals surface area contributed by atoms with Crippen LogP contribution in [0.2, 0.25) is 0 Å². The maximum atomic E-state index is 12.8. The van der Waals surface area contributed by atoms with E-state index in [4.69, 9.17) is 0 Å². The molecule has 3 rings (SSSR count). The molecule has 1 amide bonds. The fourth-order valence-electron chi connectivity index (χ4n) is 2.64. The summed E-state index contributed by atoms with van der Waals surface area (Å²) in [6.07, 6.45) is 0.881. The first-order valence-electron chi connectivity index (χ1n) is 8.31. The minimum atomic E-state index is -0.0308. The van der Waals surface area contributed by atoms with Gasteiger partial charge in [0.25, 0.3) is 5.91 Å². The van der Waals surface area contributed by atoms with Crippen molar-refractivity contribution in [2.75, 3.05) is 13.1 Å². The van der Waals surface area contributed by atoms with Gasteiger partial charge in [0.1, 0.15) is 5.52 Å². The number of hydrogen-bond acceptors (Lipinski definition) is 3. The van der Waals surface area contributed by atoms with Crippen LogP contribution in [0.25, 0.3) is 11.0 Å². The molecule has 0 atom stereocenters. The molecular formula is C20H20N4O. The topological polar surface area (TPSA) is 51.0 Å². The van der Waals surface area contributed by atoms with Crippen LogP contribution < -0.4 is 0 Å². The fourth-order valence-corrected chi connectivity index (χ4v) is 2.64. The van der Waals surface area contributed by atoms with Crippen LogP contribution in [-0.2, 0) is 7.05 Å². The first-order chi connectivity index (χ1) is 12.2. The maximum absolute atomic E-state index is 12.8. The Morgan fingerprint density at radius 3 is 2.76 bits per heavy atom. The van der Waals surface area contributed by atoms with Gasteiger partial charge in [-0.2, -0.15) is 0 Å². The van der Waals surface area contributed by atoms with Gasteiger partial charge in [-0.25, -0.2) is 4.68 Å². The summed E-state index contributed by atoms with van der Waals surface area (Å²) >= 11 is 0. The summed E-state index contributed by atoms with van der Waals surface area (Å²) in [6, 6.07) is 15.3. The van der Waals surface area contributed by atoms with Gasteiger partial charge in [0.2, 0.25) is 0 Å². The average molecular weight is 332 g/mol. The third-order valence-corrected chi connectivity index (χ3v) is 3.91. The molecule has 0 aliphatic rings. The van der Waals surface area contributed by atoms with Crippen molar-refractivity contribution in [3.8, 4) is 11.8 Å². The van der Waals surface area contributed by atoms with Crippen molar-refractivity contribution in [1.82, 2.24) is 19.9 Å². The number of nitrogens with zero attached hydrogens (tertiary/aromatic N) is 4. The van der Waals surface area contributed by atoms with Crippen LogP contribution in [0.3, 0.4) is 0 Å². The highest BCUT2D eigenvalue weighted by atomic mass is 16.2. The van der Waals surface area contributed by atoms with E-state index < -0.39 is 0 Å². The van der Waals surface area contributed by atoms with Crippen LogP contribution in [0, 0.1) is 11.8 Å². The molecule has 5 heteroatoms. The lowest BCUT2D eigenvalue weighted by molar-refractivity contribution is 0.0777. The van der Waals surface area contributed by atoms with E-state index in [1.54, 1.807) is 15.6 Å². The van der Waals surface area contributed by atoms with E-state index in [2.05, 4.69) is 29.1 Å². The van der Waals surface area contributed by atoms with E-state index in [-0.39, 0.29) is 5.91 Å². The van der Waals surface area contributed by atoms with E-state index in [1.807, 2.05) is 49.5 Å². The number of aryl methyl sites for hydroxylation is 1. The van der Waals surface area contributed by atoms with Crippen molar-refractivity contribution in [3.63, 3.8) is 0 Å². The highest BCUT2D eigenvalue weighted by Crippen LogP contribution is 2.14. The number of benzene rings is 2. The highest BCUT2D eigenvalue weighted by molar-refractivity contribution is 5.97. The number of aromatic nitrogens is 3. The molecule has 0 N–H and O–H groups in total. The van der Waals surface area contributed by atoms with Gasteiger partial charge in [0.15, 0.2) is 0 Å². The largest absolute Gasteiger partial charge is 0.327 e. The maximum Gasteiger partial charge on any atom is 0.254 e. The first kappa shape index (κ1) is 16.7. The second-order valence-electron chi connectivity index (χ2n) is 5.81. The summed E-state index contributed by atoms with van der Waals surface area (Å²) in [6.45, 7) is 3.12. The zero-order valence-corrected chi connectivity index (χ0v) is 14.4. The van der Waals surface area contributed by atoms with E-state index in [0.29, 0.717) is 18.7 Å². The van der Waals surface area contributed by atoms with E-state index in [1.165, 1.54) is 0 Å². The van der Waals surface area contributed by atoms with Crippen LogP contribution in [-0.4, -0.2) is 38.9 Å². The number of carbonyl (C=O) groups excluding carboxylic acids is 1. The Hall–Kier alpha value is -3.13. The van der Waals surface area contributed by atoms with Gasteiger partial charge in [-0.3, -0.25) is 4.79 Å². The molecule has 3 aromatic rings. The molecule has 0 aliphatic heterocycles. The smallest absolute Gasteiger partial charge is 0.254 e. The fraction of sp³-hybridized carbons (Fsp3) is 0.250. The summed E-state index contributed by atoms with van der Waals surface area (Å²) in [4.78, 5) is 14.6. The van der Waals surface area contributed by atoms with Gasteiger partial charge in [0.05, 0.1) is 12.1 Å². The second kappa shape index (κ2) is 7.63. The lowest BCUT2D eigenvalue weighted by Gasteiger charge is -2.19. The number of fused-ring (bicyclic) bond motifs is 1. The molecule has 0 saturated carbocycles. The molecule has 0 aliphatic carbocycles. The predicted molar refractivity (Wildman–Crippen MR) is 98.0 cm³/mol. The van der Waals surface area contributed by atoms with Gasteiger partial charge < -0.3 is 4.90 Å². The van der Waals surface area contributed by atoms with Gasteiger partial charge >= 0.3 is 0 Å². The summed E-state index contributed by atoms with van der Waals surface area (Å²) < 4.78 is 1.69. The van der Waals surface area contributed by atoms with Crippen LogP contribution in [0.1, 0.15) is 29.3 Å². The minimum absolute atomic E-state index is 0.0308. The zero-order chi connectivity index (χ0) is 17.6. The monoisotopic (exact) mass is 332 g/mol. The van der Waals surface area contributed by atoms with Crippen LogP contribution in [0.5, 0.6) is 0 Å². The molecule has 1 aromatic heterocycles. The lowest BCUT2D eigenvalue weighted by Crippen LogP contribution is -2.32. The Morgan fingerprint density at radius 1 is 1.20 bits per heavy atom. The van der Waals surface area contributed by atoms with Gasteiger partial charge in [-0.1, -0.05) is 42.2 Å². The second-order valence-corrected chi connectivity index (χ2v) is 5.81. The van der Waals surface area contributed by atoms with E-state index >= 15 is 0 Å².